The lowest BCUT2D eigenvalue weighted by Crippen LogP contribution is -2.36. The van der Waals surface area contributed by atoms with Gasteiger partial charge in [0.25, 0.3) is 5.88 Å². The predicted octanol–water partition coefficient (Wildman–Crippen LogP) is 5.59. The first-order valence-corrected chi connectivity index (χ1v) is 11.5. The Kier molecular flexibility index (Phi) is 14.1. The van der Waals surface area contributed by atoms with Gasteiger partial charge in [-0.3, -0.25) is 0 Å². The summed E-state index contributed by atoms with van der Waals surface area (Å²) in [4.78, 5) is 3.99. The first kappa shape index (κ1) is 24.3. The topological polar surface area (TPSA) is 87.1 Å². The molecule has 1 heterocycles. The zero-order chi connectivity index (χ0) is 20.5. The molecule has 0 radical (unpaired) electrons. The number of nitrogens with one attached hydrogen (secondary N) is 1. The predicted molar refractivity (Wildman–Crippen MR) is 118 cm³/mol. The van der Waals surface area contributed by atoms with E-state index in [1.807, 2.05) is 0 Å². The molecule has 0 saturated heterocycles. The summed E-state index contributed by atoms with van der Waals surface area (Å²) < 4.78 is 6.19. The second-order valence-electron chi connectivity index (χ2n) is 7.65. The number of ether oxygens (including phenoxy) is 1. The number of nitrogens with zero attached hydrogens (tertiary/aromatic N) is 2. The van der Waals surface area contributed by atoms with Gasteiger partial charge in [-0.2, -0.15) is 0 Å². The van der Waals surface area contributed by atoms with Crippen LogP contribution in [0.1, 0.15) is 104 Å². The molecule has 0 saturated carbocycles. The van der Waals surface area contributed by atoms with Crippen molar-refractivity contribution >= 4 is 11.8 Å². The van der Waals surface area contributed by atoms with Gasteiger partial charge >= 0.3 is 5.95 Å². The molecule has 1 aromatic heterocycles. The van der Waals surface area contributed by atoms with Crippen LogP contribution in [0.2, 0.25) is 0 Å². The average Bonchev–Trinajstić information content (AvgIpc) is 2.69. The van der Waals surface area contributed by atoms with E-state index in [4.69, 9.17) is 10.5 Å². The average molecular weight is 395 g/mol. The second-order valence-corrected chi connectivity index (χ2v) is 7.65. The van der Waals surface area contributed by atoms with Crippen LogP contribution in [0.5, 0.6) is 5.88 Å². The van der Waals surface area contributed by atoms with E-state index in [0.717, 1.165) is 25.8 Å². The van der Waals surface area contributed by atoms with Crippen LogP contribution in [0.25, 0.3) is 0 Å². The molecule has 0 aromatic carbocycles. The van der Waals surface area contributed by atoms with Crippen molar-refractivity contribution in [3.8, 4) is 5.88 Å². The van der Waals surface area contributed by atoms with Gasteiger partial charge in [-0.25, -0.2) is 4.73 Å². The third-order valence-corrected chi connectivity index (χ3v) is 5.00. The van der Waals surface area contributed by atoms with Crippen LogP contribution in [-0.4, -0.2) is 18.1 Å². The molecule has 162 valence electrons. The number of anilines is 2. The fourth-order valence-corrected chi connectivity index (χ4v) is 3.19. The van der Waals surface area contributed by atoms with E-state index in [0.29, 0.717) is 23.0 Å². The molecule has 6 heteroatoms. The van der Waals surface area contributed by atoms with Gasteiger partial charge in [0.15, 0.2) is 0 Å². The molecular weight excluding hydrogens is 352 g/mol. The van der Waals surface area contributed by atoms with Crippen LogP contribution >= 0.6 is 0 Å². The molecule has 3 N–H and O–H groups in total. The number of hydrogen-bond donors (Lipinski definition) is 2. The van der Waals surface area contributed by atoms with Crippen molar-refractivity contribution in [2.45, 2.75) is 104 Å². The van der Waals surface area contributed by atoms with Crippen LogP contribution in [0.3, 0.4) is 0 Å². The Morgan fingerprint density at radius 2 is 1.43 bits per heavy atom. The van der Waals surface area contributed by atoms with E-state index < -0.39 is 0 Å². The maximum atomic E-state index is 12.0. The summed E-state index contributed by atoms with van der Waals surface area (Å²) in [6.07, 6.45) is 17.8. The second kappa shape index (κ2) is 16.3. The highest BCUT2D eigenvalue weighted by Crippen LogP contribution is 2.15. The molecule has 28 heavy (non-hydrogen) atoms. The van der Waals surface area contributed by atoms with E-state index in [2.05, 4.69) is 24.1 Å². The van der Waals surface area contributed by atoms with E-state index in [-0.39, 0.29) is 5.95 Å². The summed E-state index contributed by atoms with van der Waals surface area (Å²) in [5.41, 5.74) is 5.69. The lowest BCUT2D eigenvalue weighted by Gasteiger charge is -2.14. The van der Waals surface area contributed by atoms with Gasteiger partial charge in [0.2, 0.25) is 5.82 Å². The Bertz CT molecular complexity index is 512. The summed E-state index contributed by atoms with van der Waals surface area (Å²) in [6.45, 7) is 5.71. The van der Waals surface area contributed by atoms with Gasteiger partial charge in [0.1, 0.15) is 0 Å². The SMILES string of the molecule is CCCCCCCCCCCCCCNc1cc(OCCCC)nc(N)[n+]1[O-]. The van der Waals surface area contributed by atoms with Gasteiger partial charge in [0, 0.05) is 6.54 Å². The Hall–Kier alpha value is -1.72. The molecular formula is C22H42N4O2. The van der Waals surface area contributed by atoms with E-state index >= 15 is 0 Å². The van der Waals surface area contributed by atoms with Gasteiger partial charge in [-0.05, 0) is 12.8 Å². The van der Waals surface area contributed by atoms with Crippen LogP contribution in [0.4, 0.5) is 11.8 Å². The Morgan fingerprint density at radius 1 is 0.893 bits per heavy atom. The zero-order valence-corrected chi connectivity index (χ0v) is 18.2. The number of unbranched alkanes of at least 4 members (excludes halogenated alkanes) is 12. The Morgan fingerprint density at radius 3 is 2.00 bits per heavy atom. The van der Waals surface area contributed by atoms with Crippen molar-refractivity contribution in [1.82, 2.24) is 4.98 Å². The van der Waals surface area contributed by atoms with Crippen LogP contribution in [0, 0.1) is 5.21 Å². The van der Waals surface area contributed by atoms with Crippen LogP contribution < -0.4 is 20.5 Å². The molecule has 0 atom stereocenters. The van der Waals surface area contributed by atoms with Crippen molar-refractivity contribution in [1.29, 1.82) is 0 Å². The molecule has 0 spiro atoms. The summed E-state index contributed by atoms with van der Waals surface area (Å²) in [6, 6.07) is 1.64. The summed E-state index contributed by atoms with van der Waals surface area (Å²) in [5.74, 6) is 0.753. The standard InChI is InChI=1S/C22H42N4O2/c1-3-5-7-8-9-10-11-12-13-14-15-16-17-24-20-19-21(28-18-6-4-2)25-22(23)26(20)27/h19,24H,3-18H2,1-2H3,(H2,23,25). The minimum absolute atomic E-state index is 0.0776. The van der Waals surface area contributed by atoms with Crippen LogP contribution in [0.15, 0.2) is 6.07 Å². The van der Waals surface area contributed by atoms with Crippen molar-refractivity contribution in [2.24, 2.45) is 0 Å². The maximum Gasteiger partial charge on any atom is 0.347 e. The minimum Gasteiger partial charge on any atom is -0.754 e. The lowest BCUT2D eigenvalue weighted by molar-refractivity contribution is -0.577. The van der Waals surface area contributed by atoms with E-state index in [9.17, 15) is 5.21 Å². The van der Waals surface area contributed by atoms with Crippen LogP contribution in [-0.2, 0) is 0 Å². The summed E-state index contributed by atoms with van der Waals surface area (Å²) in [7, 11) is 0. The third kappa shape index (κ3) is 11.2. The number of nitrogen functional groups attached to an aromatic ring is 1. The highest BCUT2D eigenvalue weighted by atomic mass is 16.5. The number of aromatic nitrogens is 2. The highest BCUT2D eigenvalue weighted by molar-refractivity contribution is 5.36. The van der Waals surface area contributed by atoms with Crippen molar-refractivity contribution in [2.75, 3.05) is 24.2 Å². The molecule has 0 bridgehead atoms. The minimum atomic E-state index is -0.0776. The number of rotatable bonds is 18. The number of nitrogens with two attached hydrogens (primary N) is 1. The Balaban J connectivity index is 2.09. The first-order valence-electron chi connectivity index (χ1n) is 11.5. The lowest BCUT2D eigenvalue weighted by atomic mass is 10.1. The molecule has 0 aliphatic carbocycles. The third-order valence-electron chi connectivity index (χ3n) is 5.00. The smallest absolute Gasteiger partial charge is 0.347 e. The normalized spacial score (nSPS) is 10.9. The van der Waals surface area contributed by atoms with E-state index in [1.54, 1.807) is 6.07 Å². The largest absolute Gasteiger partial charge is 0.754 e. The Labute approximate surface area is 171 Å². The van der Waals surface area contributed by atoms with Gasteiger partial charge in [-0.1, -0.05) is 95.9 Å². The number of hydrogen-bond acceptors (Lipinski definition) is 5. The molecule has 1 aromatic rings. The summed E-state index contributed by atoms with van der Waals surface area (Å²) in [5, 5.41) is 15.2. The zero-order valence-electron chi connectivity index (χ0n) is 18.2. The first-order chi connectivity index (χ1) is 13.7. The fraction of sp³-hybridized carbons (Fsp3) is 0.818. The molecule has 0 fully saturated rings. The van der Waals surface area contributed by atoms with Crippen molar-refractivity contribution in [3.05, 3.63) is 11.3 Å². The molecule has 0 unspecified atom stereocenters. The quantitative estimate of drug-likeness (QED) is 0.192. The van der Waals surface area contributed by atoms with E-state index in [1.165, 1.54) is 70.6 Å². The van der Waals surface area contributed by atoms with Gasteiger partial charge in [-0.15, -0.1) is 0 Å². The highest BCUT2D eigenvalue weighted by Gasteiger charge is 2.11. The maximum absolute atomic E-state index is 12.0. The monoisotopic (exact) mass is 394 g/mol. The molecule has 0 aliphatic heterocycles. The van der Waals surface area contributed by atoms with Crippen molar-refractivity contribution in [3.63, 3.8) is 0 Å². The molecule has 1 rings (SSSR count). The summed E-state index contributed by atoms with van der Waals surface area (Å²) >= 11 is 0. The molecule has 6 nitrogen and oxygen atoms in total. The van der Waals surface area contributed by atoms with Crippen molar-refractivity contribution < 1.29 is 9.47 Å². The molecule has 0 amide bonds. The fourth-order valence-electron chi connectivity index (χ4n) is 3.19. The van der Waals surface area contributed by atoms with Gasteiger partial charge < -0.3 is 21.0 Å². The van der Waals surface area contributed by atoms with Gasteiger partial charge in [0.05, 0.1) is 12.7 Å². The molecule has 0 aliphatic rings.